The first-order chi connectivity index (χ1) is 22.3. The van der Waals surface area contributed by atoms with Crippen LogP contribution in [-0.2, 0) is 26.3 Å². The molecule has 1 spiro atoms. The molecule has 3 aromatic carbocycles. The second kappa shape index (κ2) is 12.4. The number of amides is 3. The maximum Gasteiger partial charge on any atom is 0.412 e. The number of nitrogens with zero attached hydrogens (tertiary/aromatic N) is 1. The van der Waals surface area contributed by atoms with Gasteiger partial charge in [-0.25, -0.2) is 9.59 Å². The van der Waals surface area contributed by atoms with Gasteiger partial charge in [-0.1, -0.05) is 41.9 Å². The van der Waals surface area contributed by atoms with Crippen LogP contribution >= 0.6 is 11.6 Å². The van der Waals surface area contributed by atoms with Gasteiger partial charge in [0.1, 0.15) is 11.6 Å². The molecule has 1 saturated heterocycles. The highest BCUT2D eigenvalue weighted by molar-refractivity contribution is 6.30. The Labute approximate surface area is 277 Å². The van der Waals surface area contributed by atoms with Crippen LogP contribution in [0.25, 0.3) is 10.9 Å². The van der Waals surface area contributed by atoms with Crippen molar-refractivity contribution in [2.24, 2.45) is 0 Å². The van der Waals surface area contributed by atoms with E-state index in [1.165, 1.54) is 0 Å². The van der Waals surface area contributed by atoms with Gasteiger partial charge >= 0.3 is 12.1 Å². The number of nitrogens with one attached hydrogen (secondary N) is 3. The van der Waals surface area contributed by atoms with Gasteiger partial charge in [-0.15, -0.1) is 0 Å². The summed E-state index contributed by atoms with van der Waals surface area (Å²) in [6.45, 7) is 7.71. The quantitative estimate of drug-likeness (QED) is 0.203. The van der Waals surface area contributed by atoms with Crippen molar-refractivity contribution in [3.8, 4) is 0 Å². The molecule has 2 aliphatic heterocycles. The van der Waals surface area contributed by atoms with E-state index in [2.05, 4.69) is 15.6 Å². The van der Waals surface area contributed by atoms with Crippen molar-refractivity contribution in [1.29, 1.82) is 0 Å². The lowest BCUT2D eigenvalue weighted by Crippen LogP contribution is -2.57. The minimum absolute atomic E-state index is 0.113. The number of hydrogen-bond donors (Lipinski definition) is 3. The summed E-state index contributed by atoms with van der Waals surface area (Å²) in [7, 11) is 0. The lowest BCUT2D eigenvalue weighted by atomic mass is 9.83. The number of hydrogen-bond acceptors (Lipinski definition) is 6. The van der Waals surface area contributed by atoms with Crippen molar-refractivity contribution >= 4 is 52.1 Å². The Balaban J connectivity index is 1.29. The molecule has 244 valence electrons. The summed E-state index contributed by atoms with van der Waals surface area (Å²) < 4.78 is 11.5. The Morgan fingerprint density at radius 2 is 1.85 bits per heavy atom. The summed E-state index contributed by atoms with van der Waals surface area (Å²) in [6.07, 6.45) is 0.745. The second-order valence-electron chi connectivity index (χ2n) is 13.2. The molecule has 4 aromatic rings. The first kappa shape index (κ1) is 32.1. The van der Waals surface area contributed by atoms with Crippen LogP contribution < -0.4 is 10.6 Å². The molecule has 2 atom stereocenters. The van der Waals surface area contributed by atoms with Gasteiger partial charge in [0.2, 0.25) is 5.91 Å². The molecule has 3 N–H and O–H groups in total. The Bertz CT molecular complexity index is 1880. The zero-order valence-corrected chi connectivity index (χ0v) is 27.5. The largest absolute Gasteiger partial charge is 0.456 e. The summed E-state index contributed by atoms with van der Waals surface area (Å²) in [5.41, 5.74) is 2.37. The fourth-order valence-electron chi connectivity index (χ4n) is 6.46. The van der Waals surface area contributed by atoms with Crippen molar-refractivity contribution in [1.82, 2.24) is 15.2 Å². The van der Waals surface area contributed by atoms with Crippen LogP contribution in [-0.4, -0.2) is 58.5 Å². The smallest absolute Gasteiger partial charge is 0.412 e. The molecule has 0 radical (unpaired) electrons. The molecular formula is C36H37ClN4O6. The van der Waals surface area contributed by atoms with Gasteiger partial charge in [0.05, 0.1) is 17.8 Å². The third-order valence-electron chi connectivity index (χ3n) is 8.50. The molecule has 1 unspecified atom stereocenters. The summed E-state index contributed by atoms with van der Waals surface area (Å²) in [6, 6.07) is 18.7. The highest BCUT2D eigenvalue weighted by Gasteiger charge is 2.47. The van der Waals surface area contributed by atoms with E-state index in [-0.39, 0.29) is 24.4 Å². The highest BCUT2D eigenvalue weighted by Crippen LogP contribution is 2.43. The minimum Gasteiger partial charge on any atom is -0.456 e. The van der Waals surface area contributed by atoms with Gasteiger partial charge < -0.3 is 24.7 Å². The number of aromatic nitrogens is 1. The number of aromatic amines is 1. The van der Waals surface area contributed by atoms with Crippen molar-refractivity contribution in [3.63, 3.8) is 0 Å². The van der Waals surface area contributed by atoms with Crippen molar-refractivity contribution in [2.75, 3.05) is 18.4 Å². The van der Waals surface area contributed by atoms with E-state index in [4.69, 9.17) is 21.1 Å². The van der Waals surface area contributed by atoms with Gasteiger partial charge in [-0.2, -0.15) is 0 Å². The van der Waals surface area contributed by atoms with E-state index in [0.717, 1.165) is 5.56 Å². The molecule has 0 aliphatic carbocycles. The molecule has 0 bridgehead atoms. The number of rotatable bonds is 6. The number of H-pyrrole nitrogens is 1. The van der Waals surface area contributed by atoms with Gasteiger partial charge in [0.25, 0.3) is 5.91 Å². The van der Waals surface area contributed by atoms with E-state index < -0.39 is 35.2 Å². The monoisotopic (exact) mass is 656 g/mol. The van der Waals surface area contributed by atoms with Crippen LogP contribution in [0.2, 0.25) is 5.02 Å². The number of esters is 1. The van der Waals surface area contributed by atoms with Gasteiger partial charge in [0.15, 0.2) is 5.60 Å². The zero-order valence-electron chi connectivity index (χ0n) is 26.7. The predicted molar refractivity (Wildman–Crippen MR) is 179 cm³/mol. The standard InChI is InChI=1S/C36H37ClN4O6/c1-21-30(33(44)46-35(2,3)4)25-18-23(11-13-27(25)38-21)31(42)39-29(17-22-9-6-5-7-10-22)32(43)41-16-8-15-36(20-41)26-19-24(37)12-14-28(26)40-34(45)47-36/h5-7,9-14,18-19,29,38H,8,15-17,20H2,1-4H3,(H,39,42)(H,40,45)/t29?,36-/m0/s1. The third-order valence-corrected chi connectivity index (χ3v) is 8.74. The van der Waals surface area contributed by atoms with Gasteiger partial charge in [-0.05, 0) is 82.5 Å². The van der Waals surface area contributed by atoms with Crippen molar-refractivity contribution < 1.29 is 28.7 Å². The van der Waals surface area contributed by atoms with Gasteiger partial charge in [0, 0.05) is 45.7 Å². The Morgan fingerprint density at radius 1 is 1.09 bits per heavy atom. The Kier molecular flexibility index (Phi) is 8.48. The summed E-state index contributed by atoms with van der Waals surface area (Å²) in [5, 5.41) is 6.74. The number of fused-ring (bicyclic) bond motifs is 3. The second-order valence-corrected chi connectivity index (χ2v) is 13.6. The van der Waals surface area contributed by atoms with Crippen LogP contribution in [0.5, 0.6) is 0 Å². The maximum atomic E-state index is 14.3. The number of benzene rings is 3. The van der Waals surface area contributed by atoms with Crippen LogP contribution in [0.4, 0.5) is 10.5 Å². The fraction of sp³-hybridized carbons (Fsp3) is 0.333. The number of halogens is 1. The average molecular weight is 657 g/mol. The Hall–Kier alpha value is -4.83. The number of aryl methyl sites for hydroxylation is 1. The summed E-state index contributed by atoms with van der Waals surface area (Å²) in [4.78, 5) is 58.7. The van der Waals surface area contributed by atoms with Crippen LogP contribution in [0.15, 0.2) is 66.7 Å². The normalized spacial score (nSPS) is 18.2. The van der Waals surface area contributed by atoms with E-state index >= 15 is 0 Å². The number of piperidine rings is 1. The molecule has 11 heteroatoms. The summed E-state index contributed by atoms with van der Waals surface area (Å²) in [5.74, 6) is -1.25. The number of likely N-dealkylation sites (tertiary alicyclic amines) is 1. The number of carbonyl (C=O) groups excluding carboxylic acids is 4. The topological polar surface area (TPSA) is 130 Å². The molecule has 1 aromatic heterocycles. The first-order valence-electron chi connectivity index (χ1n) is 15.6. The highest BCUT2D eigenvalue weighted by atomic mass is 35.5. The number of ether oxygens (including phenoxy) is 2. The fourth-order valence-corrected chi connectivity index (χ4v) is 6.63. The molecule has 3 amide bonds. The van der Waals surface area contributed by atoms with Crippen LogP contribution in [0.3, 0.4) is 0 Å². The average Bonchev–Trinajstić information content (AvgIpc) is 3.35. The van der Waals surface area contributed by atoms with Gasteiger partial charge in [-0.3, -0.25) is 14.9 Å². The van der Waals surface area contributed by atoms with Crippen molar-refractivity contribution in [3.05, 3.63) is 99.7 Å². The molecule has 0 saturated carbocycles. The minimum atomic E-state index is -1.08. The van der Waals surface area contributed by atoms with Crippen LogP contribution in [0, 0.1) is 6.92 Å². The lowest BCUT2D eigenvalue weighted by Gasteiger charge is -2.45. The zero-order chi connectivity index (χ0) is 33.5. The molecule has 47 heavy (non-hydrogen) atoms. The number of anilines is 1. The molecule has 2 aliphatic rings. The molecule has 3 heterocycles. The molecule has 10 nitrogen and oxygen atoms in total. The van der Waals surface area contributed by atoms with Crippen molar-refractivity contribution in [2.45, 2.75) is 64.2 Å². The molecule has 6 rings (SSSR count). The third kappa shape index (κ3) is 6.69. The van der Waals surface area contributed by atoms with E-state index in [9.17, 15) is 19.2 Å². The molecule has 1 fully saturated rings. The lowest BCUT2D eigenvalue weighted by molar-refractivity contribution is -0.141. The SMILES string of the molecule is Cc1[nH]c2ccc(C(=O)NC(Cc3ccccc3)C(=O)N3CCC[C@@]4(C3)OC(=O)Nc3ccc(Cl)cc34)cc2c1C(=O)OC(C)(C)C. The first-order valence-corrected chi connectivity index (χ1v) is 16.0. The van der Waals surface area contributed by atoms with E-state index in [1.54, 1.807) is 69.0 Å². The van der Waals surface area contributed by atoms with E-state index in [1.807, 2.05) is 30.3 Å². The van der Waals surface area contributed by atoms with Crippen LogP contribution in [0.1, 0.15) is 71.1 Å². The Morgan fingerprint density at radius 3 is 2.60 bits per heavy atom. The maximum absolute atomic E-state index is 14.3. The summed E-state index contributed by atoms with van der Waals surface area (Å²) >= 11 is 6.34. The number of carbonyl (C=O) groups is 4. The van der Waals surface area contributed by atoms with E-state index in [0.29, 0.717) is 57.8 Å². The molecular weight excluding hydrogens is 620 g/mol. The predicted octanol–water partition coefficient (Wildman–Crippen LogP) is 6.51.